The Labute approximate surface area is 149 Å². The fourth-order valence-corrected chi connectivity index (χ4v) is 3.38. The SMILES string of the molecule is COC(=O)c1cc([N+](=O)[O-])ccc1Sc1nc2ccccc2n1C(F)F. The Morgan fingerprint density at radius 3 is 2.69 bits per heavy atom. The van der Waals surface area contributed by atoms with Crippen molar-refractivity contribution in [3.8, 4) is 0 Å². The lowest BCUT2D eigenvalue weighted by Gasteiger charge is -2.09. The number of nitro groups is 1. The highest BCUT2D eigenvalue weighted by Crippen LogP contribution is 2.36. The standard InChI is InChI=1S/C16H11F2N3O4S/c1-25-14(22)10-8-9(21(23)24)6-7-13(10)26-16-19-11-4-2-3-5-12(11)20(16)15(17)18/h2-8,15H,1H3. The third kappa shape index (κ3) is 3.23. The number of alkyl halides is 2. The van der Waals surface area contributed by atoms with Crippen molar-refractivity contribution in [1.82, 2.24) is 9.55 Å². The van der Waals surface area contributed by atoms with Gasteiger partial charge >= 0.3 is 12.5 Å². The van der Waals surface area contributed by atoms with Gasteiger partial charge in [0.15, 0.2) is 5.16 Å². The number of imidazole rings is 1. The first kappa shape index (κ1) is 17.8. The highest BCUT2D eigenvalue weighted by atomic mass is 32.2. The number of ether oxygens (including phenoxy) is 1. The molecule has 3 rings (SSSR count). The van der Waals surface area contributed by atoms with Crippen LogP contribution >= 0.6 is 11.8 Å². The van der Waals surface area contributed by atoms with Crippen molar-refractivity contribution in [2.75, 3.05) is 7.11 Å². The summed E-state index contributed by atoms with van der Waals surface area (Å²) in [5.74, 6) is -0.809. The molecule has 7 nitrogen and oxygen atoms in total. The van der Waals surface area contributed by atoms with Gasteiger partial charge in [0.05, 0.1) is 28.6 Å². The van der Waals surface area contributed by atoms with Gasteiger partial charge in [-0.05, 0) is 18.2 Å². The summed E-state index contributed by atoms with van der Waals surface area (Å²) in [5.41, 5.74) is 0.208. The summed E-state index contributed by atoms with van der Waals surface area (Å²) < 4.78 is 32.4. The summed E-state index contributed by atoms with van der Waals surface area (Å²) in [6, 6.07) is 9.93. The predicted octanol–water partition coefficient (Wildman–Crippen LogP) is 4.28. The second kappa shape index (κ2) is 7.08. The molecule has 0 spiro atoms. The number of benzene rings is 2. The van der Waals surface area contributed by atoms with E-state index in [2.05, 4.69) is 9.72 Å². The topological polar surface area (TPSA) is 87.3 Å². The van der Waals surface area contributed by atoms with Gasteiger partial charge in [-0.2, -0.15) is 8.78 Å². The second-order valence-corrected chi connectivity index (χ2v) is 6.07. The van der Waals surface area contributed by atoms with Gasteiger partial charge < -0.3 is 4.74 Å². The van der Waals surface area contributed by atoms with Crippen molar-refractivity contribution in [3.05, 3.63) is 58.1 Å². The number of halogens is 2. The zero-order valence-corrected chi connectivity index (χ0v) is 14.1. The van der Waals surface area contributed by atoms with Crippen LogP contribution in [-0.2, 0) is 4.74 Å². The highest BCUT2D eigenvalue weighted by molar-refractivity contribution is 7.99. The normalized spacial score (nSPS) is 11.1. The number of aromatic nitrogens is 2. The third-order valence-electron chi connectivity index (χ3n) is 3.54. The van der Waals surface area contributed by atoms with Crippen LogP contribution in [0.3, 0.4) is 0 Å². The summed E-state index contributed by atoms with van der Waals surface area (Å²) >= 11 is 0.807. The summed E-state index contributed by atoms with van der Waals surface area (Å²) in [4.78, 5) is 26.6. The molecule has 2 aromatic carbocycles. The highest BCUT2D eigenvalue weighted by Gasteiger charge is 2.23. The quantitative estimate of drug-likeness (QED) is 0.374. The number of rotatable bonds is 5. The molecule has 0 aliphatic rings. The number of non-ortho nitro benzene ring substituents is 1. The molecule has 1 aromatic heterocycles. The van der Waals surface area contributed by atoms with E-state index in [1.165, 1.54) is 18.2 Å². The number of fused-ring (bicyclic) bond motifs is 1. The molecule has 0 radical (unpaired) electrons. The first-order valence-corrected chi connectivity index (χ1v) is 8.03. The van der Waals surface area contributed by atoms with Crippen LogP contribution in [0.25, 0.3) is 11.0 Å². The zero-order valence-electron chi connectivity index (χ0n) is 13.3. The first-order valence-electron chi connectivity index (χ1n) is 7.22. The molecule has 0 unspecified atom stereocenters. The van der Waals surface area contributed by atoms with E-state index in [1.54, 1.807) is 18.2 Å². The van der Waals surface area contributed by atoms with E-state index in [0.717, 1.165) is 29.5 Å². The van der Waals surface area contributed by atoms with Crippen LogP contribution in [0.4, 0.5) is 14.5 Å². The Kier molecular flexibility index (Phi) is 4.85. The maximum atomic E-state index is 13.5. The van der Waals surface area contributed by atoms with Crippen molar-refractivity contribution in [3.63, 3.8) is 0 Å². The maximum absolute atomic E-state index is 13.5. The average Bonchev–Trinajstić information content (AvgIpc) is 2.99. The van der Waals surface area contributed by atoms with Gasteiger partial charge in [0.2, 0.25) is 0 Å². The molecule has 0 saturated carbocycles. The lowest BCUT2D eigenvalue weighted by molar-refractivity contribution is -0.384. The summed E-state index contributed by atoms with van der Waals surface area (Å²) in [5, 5.41) is 10.9. The Bertz CT molecular complexity index is 1010. The fourth-order valence-electron chi connectivity index (χ4n) is 2.37. The van der Waals surface area contributed by atoms with Crippen LogP contribution in [0.2, 0.25) is 0 Å². The minimum Gasteiger partial charge on any atom is -0.465 e. The Morgan fingerprint density at radius 2 is 2.04 bits per heavy atom. The van der Waals surface area contributed by atoms with Crippen LogP contribution in [0.15, 0.2) is 52.5 Å². The predicted molar refractivity (Wildman–Crippen MR) is 89.5 cm³/mol. The minimum atomic E-state index is -2.84. The summed E-state index contributed by atoms with van der Waals surface area (Å²) in [6.45, 7) is -2.84. The molecule has 3 aromatic rings. The van der Waals surface area contributed by atoms with Crippen LogP contribution in [0.5, 0.6) is 0 Å². The van der Waals surface area contributed by atoms with Crippen molar-refractivity contribution in [2.45, 2.75) is 16.6 Å². The molecule has 0 amide bonds. The number of para-hydroxylation sites is 2. The van der Waals surface area contributed by atoms with Gasteiger partial charge in [-0.25, -0.2) is 9.78 Å². The molecule has 0 fully saturated rings. The Morgan fingerprint density at radius 1 is 1.31 bits per heavy atom. The lowest BCUT2D eigenvalue weighted by atomic mass is 10.2. The molecule has 0 aliphatic carbocycles. The maximum Gasteiger partial charge on any atom is 0.339 e. The van der Waals surface area contributed by atoms with Crippen LogP contribution in [-0.4, -0.2) is 27.6 Å². The van der Waals surface area contributed by atoms with Gasteiger partial charge in [0.25, 0.3) is 5.69 Å². The average molecular weight is 379 g/mol. The van der Waals surface area contributed by atoms with Crippen molar-refractivity contribution < 1.29 is 23.2 Å². The number of methoxy groups -OCH3 is 1. The molecule has 0 N–H and O–H groups in total. The van der Waals surface area contributed by atoms with Crippen LogP contribution in [0, 0.1) is 10.1 Å². The number of carbonyl (C=O) groups is 1. The van der Waals surface area contributed by atoms with Gasteiger partial charge in [-0.1, -0.05) is 23.9 Å². The largest absolute Gasteiger partial charge is 0.465 e. The number of esters is 1. The molecule has 10 heteroatoms. The summed E-state index contributed by atoms with van der Waals surface area (Å²) in [7, 11) is 1.13. The van der Waals surface area contributed by atoms with E-state index < -0.39 is 17.4 Å². The number of nitro benzene ring substituents is 1. The molecule has 0 aliphatic heterocycles. The van der Waals surface area contributed by atoms with Crippen molar-refractivity contribution >= 4 is 34.5 Å². The second-order valence-electron chi connectivity index (χ2n) is 5.06. The van der Waals surface area contributed by atoms with Crippen molar-refractivity contribution in [1.29, 1.82) is 0 Å². The van der Waals surface area contributed by atoms with Crippen molar-refractivity contribution in [2.24, 2.45) is 0 Å². The Balaban J connectivity index is 2.12. The molecule has 0 saturated heterocycles. The molecule has 134 valence electrons. The molecule has 0 atom stereocenters. The zero-order chi connectivity index (χ0) is 18.8. The van der Waals surface area contributed by atoms with Crippen LogP contribution < -0.4 is 0 Å². The van der Waals surface area contributed by atoms with Gasteiger partial charge in [-0.15, -0.1) is 0 Å². The third-order valence-corrected chi connectivity index (χ3v) is 4.59. The number of hydrogen-bond acceptors (Lipinski definition) is 6. The van der Waals surface area contributed by atoms with E-state index >= 15 is 0 Å². The molecule has 1 heterocycles. The van der Waals surface area contributed by atoms with Gasteiger partial charge in [0.1, 0.15) is 0 Å². The number of nitrogens with zero attached hydrogens (tertiary/aromatic N) is 3. The lowest BCUT2D eigenvalue weighted by Crippen LogP contribution is -2.05. The monoisotopic (exact) mass is 379 g/mol. The van der Waals surface area contributed by atoms with Crippen LogP contribution in [0.1, 0.15) is 16.9 Å². The Hall–Kier alpha value is -3.01. The number of hydrogen-bond donors (Lipinski definition) is 0. The molecular formula is C16H11F2N3O4S. The van der Waals surface area contributed by atoms with E-state index in [1.807, 2.05) is 0 Å². The summed E-state index contributed by atoms with van der Waals surface area (Å²) in [6.07, 6.45) is 0. The number of carbonyl (C=O) groups excluding carboxylic acids is 1. The van der Waals surface area contributed by atoms with E-state index in [9.17, 15) is 23.7 Å². The van der Waals surface area contributed by atoms with Gasteiger partial charge in [0, 0.05) is 17.0 Å². The van der Waals surface area contributed by atoms with Gasteiger partial charge in [-0.3, -0.25) is 14.7 Å². The molecule has 26 heavy (non-hydrogen) atoms. The molecular weight excluding hydrogens is 368 g/mol. The van der Waals surface area contributed by atoms with E-state index in [4.69, 9.17) is 0 Å². The minimum absolute atomic E-state index is 0.0415. The molecule has 0 bridgehead atoms. The first-order chi connectivity index (χ1) is 12.4. The van der Waals surface area contributed by atoms with E-state index in [-0.39, 0.29) is 26.8 Å². The smallest absolute Gasteiger partial charge is 0.339 e. The van der Waals surface area contributed by atoms with E-state index in [0.29, 0.717) is 5.52 Å². The fraction of sp³-hybridized carbons (Fsp3) is 0.125.